The Morgan fingerprint density at radius 3 is 2.88 bits per heavy atom. The lowest BCUT2D eigenvalue weighted by Crippen LogP contribution is -2.54. The van der Waals surface area contributed by atoms with Crippen molar-refractivity contribution in [1.82, 2.24) is 10.2 Å². The van der Waals surface area contributed by atoms with Gasteiger partial charge in [0.05, 0.1) is 11.6 Å². The van der Waals surface area contributed by atoms with Crippen LogP contribution in [0.3, 0.4) is 0 Å². The predicted molar refractivity (Wildman–Crippen MR) is 92.6 cm³/mol. The van der Waals surface area contributed by atoms with Crippen molar-refractivity contribution in [1.29, 1.82) is 0 Å². The fraction of sp³-hybridized carbons (Fsp3) is 0.529. The zero-order valence-corrected chi connectivity index (χ0v) is 15.0. The largest absolute Gasteiger partial charge is 0.490 e. The van der Waals surface area contributed by atoms with E-state index in [0.717, 1.165) is 19.3 Å². The van der Waals surface area contributed by atoms with Gasteiger partial charge in [0.1, 0.15) is 17.9 Å². The number of imide groups is 1. The SMILES string of the molecule is CC1CCCCC12NC(=O)N(CCOc1cc(Cl)ccc1Cl)C2=O. The number of carbonyl (C=O) groups is 2. The van der Waals surface area contributed by atoms with E-state index in [1.54, 1.807) is 18.2 Å². The summed E-state index contributed by atoms with van der Waals surface area (Å²) in [6.07, 6.45) is 3.71. The number of amides is 3. The van der Waals surface area contributed by atoms with E-state index in [2.05, 4.69) is 5.32 Å². The molecule has 1 aliphatic carbocycles. The third-order valence-corrected chi connectivity index (χ3v) is 5.51. The quantitative estimate of drug-likeness (QED) is 0.818. The summed E-state index contributed by atoms with van der Waals surface area (Å²) in [5.74, 6) is 0.452. The van der Waals surface area contributed by atoms with Crippen molar-refractivity contribution < 1.29 is 14.3 Å². The highest BCUT2D eigenvalue weighted by molar-refractivity contribution is 6.34. The summed E-state index contributed by atoms with van der Waals surface area (Å²) >= 11 is 12.0. The van der Waals surface area contributed by atoms with Gasteiger partial charge in [0, 0.05) is 11.1 Å². The van der Waals surface area contributed by atoms with E-state index in [0.29, 0.717) is 22.2 Å². The molecule has 2 aliphatic rings. The second kappa shape index (κ2) is 6.81. The van der Waals surface area contributed by atoms with Crippen LogP contribution in [-0.4, -0.2) is 35.5 Å². The molecule has 3 rings (SSSR count). The molecule has 0 radical (unpaired) electrons. The van der Waals surface area contributed by atoms with Crippen LogP contribution >= 0.6 is 23.2 Å². The Hall–Kier alpha value is -1.46. The van der Waals surface area contributed by atoms with Crippen molar-refractivity contribution in [2.24, 2.45) is 5.92 Å². The topological polar surface area (TPSA) is 58.6 Å². The first-order chi connectivity index (χ1) is 11.4. The molecule has 130 valence electrons. The van der Waals surface area contributed by atoms with Crippen LogP contribution in [0.25, 0.3) is 0 Å². The Kier molecular flexibility index (Phi) is 4.92. The summed E-state index contributed by atoms with van der Waals surface area (Å²) in [5.41, 5.74) is -0.733. The van der Waals surface area contributed by atoms with E-state index in [9.17, 15) is 9.59 Å². The van der Waals surface area contributed by atoms with Gasteiger partial charge in [-0.1, -0.05) is 43.0 Å². The maximum absolute atomic E-state index is 12.8. The minimum Gasteiger partial charge on any atom is -0.490 e. The molecular weight excluding hydrogens is 351 g/mol. The highest BCUT2D eigenvalue weighted by Crippen LogP contribution is 2.38. The smallest absolute Gasteiger partial charge is 0.325 e. The van der Waals surface area contributed by atoms with Crippen molar-refractivity contribution in [2.75, 3.05) is 13.2 Å². The van der Waals surface area contributed by atoms with E-state index < -0.39 is 5.54 Å². The number of nitrogens with one attached hydrogen (secondary N) is 1. The minimum absolute atomic E-state index is 0.138. The average molecular weight is 371 g/mol. The Morgan fingerprint density at radius 1 is 1.33 bits per heavy atom. The van der Waals surface area contributed by atoms with Gasteiger partial charge in [-0.2, -0.15) is 0 Å². The fourth-order valence-corrected chi connectivity index (χ4v) is 3.87. The number of urea groups is 1. The molecule has 1 heterocycles. The van der Waals surface area contributed by atoms with Crippen LogP contribution in [-0.2, 0) is 4.79 Å². The van der Waals surface area contributed by atoms with Gasteiger partial charge in [-0.25, -0.2) is 4.79 Å². The van der Waals surface area contributed by atoms with E-state index in [1.165, 1.54) is 4.90 Å². The first-order valence-electron chi connectivity index (χ1n) is 8.16. The Morgan fingerprint density at radius 2 is 2.12 bits per heavy atom. The van der Waals surface area contributed by atoms with Crippen LogP contribution in [0.4, 0.5) is 4.79 Å². The zero-order valence-electron chi connectivity index (χ0n) is 13.5. The number of ether oxygens (including phenoxy) is 1. The minimum atomic E-state index is -0.733. The number of rotatable bonds is 4. The lowest BCUT2D eigenvalue weighted by Gasteiger charge is -2.36. The third-order valence-electron chi connectivity index (χ3n) is 4.97. The van der Waals surface area contributed by atoms with Crippen LogP contribution in [0, 0.1) is 5.92 Å². The van der Waals surface area contributed by atoms with Gasteiger partial charge in [0.2, 0.25) is 0 Å². The van der Waals surface area contributed by atoms with Gasteiger partial charge in [0.25, 0.3) is 5.91 Å². The standard InChI is InChI=1S/C17H20Cl2N2O3/c1-11-4-2-3-7-17(11)15(22)21(16(23)20-17)8-9-24-14-10-12(18)5-6-13(14)19/h5-6,10-11H,2-4,7-9H2,1H3,(H,20,23). The summed E-state index contributed by atoms with van der Waals surface area (Å²) in [7, 11) is 0. The molecule has 1 saturated carbocycles. The van der Waals surface area contributed by atoms with E-state index >= 15 is 0 Å². The first kappa shape index (κ1) is 17.4. The molecule has 7 heteroatoms. The fourth-order valence-electron chi connectivity index (χ4n) is 3.53. The summed E-state index contributed by atoms with van der Waals surface area (Å²) in [6, 6.07) is 4.59. The van der Waals surface area contributed by atoms with Crippen molar-refractivity contribution in [3.05, 3.63) is 28.2 Å². The lowest BCUT2D eigenvalue weighted by molar-refractivity contribution is -0.134. The van der Waals surface area contributed by atoms with Gasteiger partial charge in [-0.05, 0) is 30.9 Å². The summed E-state index contributed by atoms with van der Waals surface area (Å²) in [4.78, 5) is 26.3. The van der Waals surface area contributed by atoms with Crippen molar-refractivity contribution in [3.63, 3.8) is 0 Å². The molecule has 1 aliphatic heterocycles. The molecule has 1 saturated heterocycles. The van der Waals surface area contributed by atoms with E-state index in [-0.39, 0.29) is 31.0 Å². The molecule has 0 aromatic heterocycles. The van der Waals surface area contributed by atoms with Gasteiger partial charge >= 0.3 is 6.03 Å². The maximum Gasteiger partial charge on any atom is 0.325 e. The van der Waals surface area contributed by atoms with Crippen LogP contribution in [0.15, 0.2) is 18.2 Å². The summed E-state index contributed by atoms with van der Waals surface area (Å²) < 4.78 is 5.59. The molecular formula is C17H20Cl2N2O3. The van der Waals surface area contributed by atoms with Gasteiger partial charge in [0.15, 0.2) is 0 Å². The zero-order chi connectivity index (χ0) is 17.3. The Bertz CT molecular complexity index is 667. The second-order valence-electron chi connectivity index (χ2n) is 6.43. The molecule has 1 N–H and O–H groups in total. The van der Waals surface area contributed by atoms with Crippen LogP contribution < -0.4 is 10.1 Å². The lowest BCUT2D eigenvalue weighted by atomic mass is 9.73. The second-order valence-corrected chi connectivity index (χ2v) is 7.27. The van der Waals surface area contributed by atoms with Gasteiger partial charge in [-0.15, -0.1) is 0 Å². The highest BCUT2D eigenvalue weighted by atomic mass is 35.5. The molecule has 2 atom stereocenters. The number of halogens is 2. The maximum atomic E-state index is 12.8. The van der Waals surface area contributed by atoms with Crippen molar-refractivity contribution >= 4 is 35.1 Å². The third kappa shape index (κ3) is 3.07. The molecule has 2 unspecified atom stereocenters. The van der Waals surface area contributed by atoms with E-state index in [1.807, 2.05) is 6.92 Å². The summed E-state index contributed by atoms with van der Waals surface area (Å²) in [6.45, 7) is 2.38. The molecule has 2 fully saturated rings. The Labute approximate surface area is 151 Å². The van der Waals surface area contributed by atoms with Crippen LogP contribution in [0.2, 0.25) is 10.0 Å². The monoisotopic (exact) mass is 370 g/mol. The van der Waals surface area contributed by atoms with Crippen molar-refractivity contribution in [3.8, 4) is 5.75 Å². The summed E-state index contributed by atoms with van der Waals surface area (Å²) in [5, 5.41) is 3.87. The predicted octanol–water partition coefficient (Wildman–Crippen LogP) is 3.87. The molecule has 1 aromatic rings. The van der Waals surface area contributed by atoms with Gasteiger partial charge in [-0.3, -0.25) is 9.69 Å². The number of hydrogen-bond acceptors (Lipinski definition) is 3. The molecule has 1 spiro atoms. The van der Waals surface area contributed by atoms with Crippen molar-refractivity contribution in [2.45, 2.75) is 38.1 Å². The number of nitrogens with zero attached hydrogens (tertiary/aromatic N) is 1. The molecule has 24 heavy (non-hydrogen) atoms. The molecule has 0 bridgehead atoms. The van der Waals surface area contributed by atoms with Gasteiger partial charge < -0.3 is 10.1 Å². The van der Waals surface area contributed by atoms with Crippen LogP contribution in [0.1, 0.15) is 32.6 Å². The molecule has 3 amide bonds. The first-order valence-corrected chi connectivity index (χ1v) is 8.91. The van der Waals surface area contributed by atoms with E-state index in [4.69, 9.17) is 27.9 Å². The highest BCUT2D eigenvalue weighted by Gasteiger charge is 2.54. The average Bonchev–Trinajstić information content (AvgIpc) is 2.78. The molecule has 5 nitrogen and oxygen atoms in total. The number of benzene rings is 1. The number of hydrogen-bond donors (Lipinski definition) is 1. The molecule has 1 aromatic carbocycles. The normalized spacial score (nSPS) is 26.8. The Balaban J connectivity index is 1.64. The number of carbonyl (C=O) groups excluding carboxylic acids is 2. The van der Waals surface area contributed by atoms with Crippen LogP contribution in [0.5, 0.6) is 5.75 Å².